The fourth-order valence-corrected chi connectivity index (χ4v) is 8.76. The van der Waals surface area contributed by atoms with Crippen LogP contribution >= 0.6 is 35.1 Å². The van der Waals surface area contributed by atoms with Crippen molar-refractivity contribution >= 4 is 57.7 Å². The van der Waals surface area contributed by atoms with Gasteiger partial charge in [-0.1, -0.05) is 11.6 Å². The van der Waals surface area contributed by atoms with Gasteiger partial charge in [-0.05, 0) is 86.6 Å². The molecule has 0 spiro atoms. The highest BCUT2D eigenvalue weighted by molar-refractivity contribution is 8.00. The van der Waals surface area contributed by atoms with Crippen molar-refractivity contribution in [2.75, 3.05) is 25.2 Å². The van der Waals surface area contributed by atoms with Crippen molar-refractivity contribution in [3.8, 4) is 16.9 Å². The van der Waals surface area contributed by atoms with Gasteiger partial charge in [0, 0.05) is 86.9 Å². The Kier molecular flexibility index (Phi) is 9.27. The van der Waals surface area contributed by atoms with Crippen LogP contribution in [-0.2, 0) is 32.2 Å². The van der Waals surface area contributed by atoms with E-state index in [4.69, 9.17) is 27.2 Å². The molecule has 4 aromatic rings. The third-order valence-electron chi connectivity index (χ3n) is 8.75. The smallest absolute Gasteiger partial charge is 0.352 e. The molecule has 0 radical (unpaired) electrons. The van der Waals surface area contributed by atoms with Crippen LogP contribution in [0.25, 0.3) is 22.0 Å². The number of fused-ring (bicyclic) bond motifs is 6. The minimum absolute atomic E-state index is 0.274. The second-order valence-corrected chi connectivity index (χ2v) is 14.0. The number of aromatic carboxylic acids is 1. The first-order valence-electron chi connectivity index (χ1n) is 15.2. The SMILES string of the molecule is CN=C1C=C(N)CSCc2nn(C)c(C)c2-c2c(Cl)ccc3c2c(C)c(C(=O)O)n3CCCOc2cc3c(c(c2)SC1)CCC3. The summed E-state index contributed by atoms with van der Waals surface area (Å²) < 4.78 is 10.1. The molecule has 2 aromatic carbocycles. The van der Waals surface area contributed by atoms with Crippen LogP contribution in [0.4, 0.5) is 0 Å². The third kappa shape index (κ3) is 6.12. The largest absolute Gasteiger partial charge is 0.493 e. The van der Waals surface area contributed by atoms with Crippen molar-refractivity contribution in [2.24, 2.45) is 17.8 Å². The molecule has 1 aliphatic heterocycles. The van der Waals surface area contributed by atoms with Gasteiger partial charge in [-0.2, -0.15) is 5.10 Å². The summed E-state index contributed by atoms with van der Waals surface area (Å²) in [7, 11) is 3.74. The Morgan fingerprint density at radius 2 is 1.96 bits per heavy atom. The first-order chi connectivity index (χ1) is 21.7. The van der Waals surface area contributed by atoms with E-state index in [0.717, 1.165) is 75.6 Å². The number of aromatic nitrogens is 3. The molecular formula is C34H38ClN5O3S2. The summed E-state index contributed by atoms with van der Waals surface area (Å²) in [6.45, 7) is 4.86. The van der Waals surface area contributed by atoms with Gasteiger partial charge in [-0.25, -0.2) is 4.79 Å². The average molecular weight is 664 g/mol. The van der Waals surface area contributed by atoms with E-state index >= 15 is 0 Å². The fraction of sp³-hybridized carbons (Fsp3) is 0.382. The zero-order chi connectivity index (χ0) is 31.8. The van der Waals surface area contributed by atoms with E-state index in [9.17, 15) is 9.90 Å². The molecule has 0 fully saturated rings. The Morgan fingerprint density at radius 3 is 2.73 bits per heavy atom. The maximum Gasteiger partial charge on any atom is 0.352 e. The van der Waals surface area contributed by atoms with Crippen LogP contribution in [0.3, 0.4) is 0 Å². The van der Waals surface area contributed by atoms with Crippen molar-refractivity contribution in [3.63, 3.8) is 0 Å². The van der Waals surface area contributed by atoms with Crippen LogP contribution < -0.4 is 10.5 Å². The van der Waals surface area contributed by atoms with Crippen LogP contribution in [0.15, 0.2) is 45.9 Å². The molecule has 8 nitrogen and oxygen atoms in total. The van der Waals surface area contributed by atoms with Crippen molar-refractivity contribution in [1.82, 2.24) is 14.3 Å². The first-order valence-corrected chi connectivity index (χ1v) is 17.7. The van der Waals surface area contributed by atoms with Gasteiger partial charge in [0.15, 0.2) is 0 Å². The number of allylic oxidation sites excluding steroid dienone is 1. The monoisotopic (exact) mass is 663 g/mol. The molecule has 11 heteroatoms. The molecule has 0 amide bonds. The number of carbonyl (C=O) groups is 1. The first kappa shape index (κ1) is 31.6. The quantitative estimate of drug-likeness (QED) is 0.221. The Morgan fingerprint density at radius 1 is 1.13 bits per heavy atom. The highest BCUT2D eigenvalue weighted by atomic mass is 35.5. The van der Waals surface area contributed by atoms with Gasteiger partial charge < -0.3 is 20.1 Å². The van der Waals surface area contributed by atoms with Crippen LogP contribution in [0.5, 0.6) is 5.75 Å². The van der Waals surface area contributed by atoms with Gasteiger partial charge in [-0.3, -0.25) is 9.67 Å². The van der Waals surface area contributed by atoms with Gasteiger partial charge in [0.1, 0.15) is 11.4 Å². The summed E-state index contributed by atoms with van der Waals surface area (Å²) in [5.74, 6) is 1.85. The molecule has 236 valence electrons. The van der Waals surface area contributed by atoms with Crippen LogP contribution in [0.2, 0.25) is 5.02 Å². The lowest BCUT2D eigenvalue weighted by atomic mass is 9.97. The number of halogens is 1. The number of benzene rings is 2. The lowest BCUT2D eigenvalue weighted by Gasteiger charge is -2.14. The summed E-state index contributed by atoms with van der Waals surface area (Å²) in [4.78, 5) is 18.4. The van der Waals surface area contributed by atoms with E-state index in [-0.39, 0.29) is 5.69 Å². The van der Waals surface area contributed by atoms with Gasteiger partial charge in [0.25, 0.3) is 0 Å². The van der Waals surface area contributed by atoms with Gasteiger partial charge >= 0.3 is 5.97 Å². The molecule has 45 heavy (non-hydrogen) atoms. The van der Waals surface area contributed by atoms with Crippen molar-refractivity contribution in [1.29, 1.82) is 0 Å². The molecule has 0 saturated carbocycles. The highest BCUT2D eigenvalue weighted by Crippen LogP contribution is 2.43. The number of ether oxygens (including phenoxy) is 1. The van der Waals surface area contributed by atoms with E-state index in [1.807, 2.05) is 55.4 Å². The van der Waals surface area contributed by atoms with Crippen molar-refractivity contribution in [3.05, 3.63) is 74.8 Å². The van der Waals surface area contributed by atoms with E-state index in [2.05, 4.69) is 17.1 Å². The van der Waals surface area contributed by atoms with E-state index < -0.39 is 5.97 Å². The maximum atomic E-state index is 12.7. The standard InChI is InChI=1S/C34H38ClN5O3S2/c1-19-30-28-10-9-26(35)32(30)31-20(2)39(4)38-27(31)18-44-16-22(36)14-23(37-3)17-45-29-15-24(13-21-7-5-8-25(21)29)43-12-6-11-40(28)33(19)34(41)42/h9-10,13-15H,5-8,11-12,16-18,36H2,1-4H3,(H,41,42). The molecule has 3 N–H and O–H groups in total. The van der Waals surface area contributed by atoms with E-state index in [0.29, 0.717) is 41.7 Å². The molecule has 3 heterocycles. The number of aryl methyl sites for hydroxylation is 4. The number of nitrogens with two attached hydrogens (primary N) is 1. The van der Waals surface area contributed by atoms with Crippen LogP contribution in [0, 0.1) is 13.8 Å². The fourth-order valence-electron chi connectivity index (χ4n) is 6.57. The molecule has 0 saturated heterocycles. The second-order valence-electron chi connectivity index (χ2n) is 11.6. The summed E-state index contributed by atoms with van der Waals surface area (Å²) >= 11 is 10.4. The minimum Gasteiger partial charge on any atom is -0.493 e. The predicted octanol–water partition coefficient (Wildman–Crippen LogP) is 7.22. The van der Waals surface area contributed by atoms with Crippen LogP contribution in [0.1, 0.15) is 51.4 Å². The normalized spacial score (nSPS) is 17.1. The Bertz CT molecular complexity index is 1870. The van der Waals surface area contributed by atoms with E-state index in [1.165, 1.54) is 16.0 Å². The Balaban J connectivity index is 1.46. The zero-order valence-electron chi connectivity index (χ0n) is 26.1. The third-order valence-corrected chi connectivity index (χ3v) is 11.2. The molecule has 0 atom stereocenters. The minimum atomic E-state index is -0.961. The van der Waals surface area contributed by atoms with Gasteiger partial charge in [0.05, 0.1) is 12.3 Å². The highest BCUT2D eigenvalue weighted by Gasteiger charge is 2.27. The zero-order valence-corrected chi connectivity index (χ0v) is 28.5. The Labute approximate surface area is 277 Å². The predicted molar refractivity (Wildman–Crippen MR) is 187 cm³/mol. The van der Waals surface area contributed by atoms with Gasteiger partial charge in [0.2, 0.25) is 0 Å². The molecule has 2 aromatic heterocycles. The molecule has 6 bridgehead atoms. The second kappa shape index (κ2) is 13.2. The summed E-state index contributed by atoms with van der Waals surface area (Å²) in [5, 5.41) is 16.6. The number of hydrogen-bond donors (Lipinski definition) is 2. The summed E-state index contributed by atoms with van der Waals surface area (Å²) in [6, 6.07) is 8.11. The summed E-state index contributed by atoms with van der Waals surface area (Å²) in [6.07, 6.45) is 5.91. The van der Waals surface area contributed by atoms with Crippen LogP contribution in [-0.4, -0.2) is 56.3 Å². The number of nitrogens with zero attached hydrogens (tertiary/aromatic N) is 4. The van der Waals surface area contributed by atoms with Crippen molar-refractivity contribution in [2.45, 2.75) is 56.7 Å². The Hall–Kier alpha value is -3.34. The molecule has 0 unspecified atom stereocenters. The molecule has 6 rings (SSSR count). The van der Waals surface area contributed by atoms with Crippen molar-refractivity contribution < 1.29 is 14.6 Å². The maximum absolute atomic E-state index is 12.7. The summed E-state index contributed by atoms with van der Waals surface area (Å²) in [5.41, 5.74) is 16.4. The molecular weight excluding hydrogens is 626 g/mol. The molecule has 2 aliphatic rings. The van der Waals surface area contributed by atoms with E-state index in [1.54, 1.807) is 23.5 Å². The number of carboxylic acids is 1. The average Bonchev–Trinajstić information content (AvgIpc) is 3.67. The number of aliphatic imine (C=N–C) groups is 1. The number of carboxylic acid groups (broad SMARTS) is 1. The number of thioether (sulfide) groups is 2. The lowest BCUT2D eigenvalue weighted by molar-refractivity contribution is 0.0684. The topological polar surface area (TPSA) is 108 Å². The number of hydrogen-bond acceptors (Lipinski definition) is 7. The van der Waals surface area contributed by atoms with Gasteiger partial charge in [-0.15, -0.1) is 23.5 Å². The molecule has 1 aliphatic carbocycles. The number of rotatable bonds is 1. The lowest BCUT2D eigenvalue weighted by Crippen LogP contribution is -2.12.